The molecular formula is C11H23N3O2. The van der Waals surface area contributed by atoms with Crippen LogP contribution in [-0.2, 0) is 4.79 Å². The summed E-state index contributed by atoms with van der Waals surface area (Å²) in [4.78, 5) is 22.6. The minimum Gasteiger partial charge on any atom is -0.354 e. The Bertz CT molecular complexity index is 241. The molecule has 3 amide bonds. The first-order chi connectivity index (χ1) is 7.38. The van der Waals surface area contributed by atoms with Gasteiger partial charge in [0.25, 0.3) is 0 Å². The average Bonchev–Trinajstić information content (AvgIpc) is 2.21. The SMILES string of the molecule is CCC(C)C(NC(N)=O)C(=O)NCC(C)C. The average molecular weight is 229 g/mol. The largest absolute Gasteiger partial charge is 0.354 e. The standard InChI is InChI=1S/C11H23N3O2/c1-5-8(4)9(14-11(12)16)10(15)13-6-7(2)3/h7-9H,5-6H2,1-4H3,(H,13,15)(H3,12,14,16). The molecule has 0 rings (SSSR count). The van der Waals surface area contributed by atoms with Gasteiger partial charge in [0, 0.05) is 6.54 Å². The van der Waals surface area contributed by atoms with E-state index in [0.29, 0.717) is 12.5 Å². The highest BCUT2D eigenvalue weighted by atomic mass is 16.2. The molecule has 5 heteroatoms. The molecule has 0 saturated heterocycles. The number of amides is 3. The summed E-state index contributed by atoms with van der Waals surface area (Å²) in [7, 11) is 0. The molecule has 0 aliphatic heterocycles. The lowest BCUT2D eigenvalue weighted by atomic mass is 9.98. The Hall–Kier alpha value is -1.26. The first kappa shape index (κ1) is 14.7. The fourth-order valence-electron chi connectivity index (χ4n) is 1.27. The minimum absolute atomic E-state index is 0.0691. The number of urea groups is 1. The minimum atomic E-state index is -0.662. The highest BCUT2D eigenvalue weighted by Gasteiger charge is 2.24. The van der Waals surface area contributed by atoms with Crippen LogP contribution in [0, 0.1) is 11.8 Å². The first-order valence-corrected chi connectivity index (χ1v) is 5.72. The number of hydrogen-bond acceptors (Lipinski definition) is 2. The summed E-state index contributed by atoms with van der Waals surface area (Å²) in [6.45, 7) is 8.51. The van der Waals surface area contributed by atoms with Crippen LogP contribution in [0.1, 0.15) is 34.1 Å². The Morgan fingerprint density at radius 3 is 2.19 bits per heavy atom. The van der Waals surface area contributed by atoms with E-state index in [4.69, 9.17) is 5.73 Å². The van der Waals surface area contributed by atoms with Crippen LogP contribution in [0.2, 0.25) is 0 Å². The van der Waals surface area contributed by atoms with Crippen LogP contribution in [-0.4, -0.2) is 24.5 Å². The smallest absolute Gasteiger partial charge is 0.312 e. The molecule has 2 atom stereocenters. The van der Waals surface area contributed by atoms with Crippen LogP contribution in [0.5, 0.6) is 0 Å². The van der Waals surface area contributed by atoms with Gasteiger partial charge in [-0.05, 0) is 11.8 Å². The van der Waals surface area contributed by atoms with E-state index in [1.807, 2.05) is 27.7 Å². The zero-order chi connectivity index (χ0) is 12.7. The van der Waals surface area contributed by atoms with Crippen LogP contribution in [0.15, 0.2) is 0 Å². The van der Waals surface area contributed by atoms with Crippen molar-refractivity contribution in [3.8, 4) is 0 Å². The van der Waals surface area contributed by atoms with Gasteiger partial charge < -0.3 is 16.4 Å². The normalized spacial score (nSPS) is 14.3. The Morgan fingerprint density at radius 1 is 1.25 bits per heavy atom. The molecule has 16 heavy (non-hydrogen) atoms. The van der Waals surface area contributed by atoms with Gasteiger partial charge >= 0.3 is 6.03 Å². The van der Waals surface area contributed by atoms with Crippen molar-refractivity contribution in [2.45, 2.75) is 40.2 Å². The molecule has 0 aliphatic carbocycles. The monoisotopic (exact) mass is 229 g/mol. The maximum absolute atomic E-state index is 11.8. The summed E-state index contributed by atoms with van der Waals surface area (Å²) in [6, 6.07) is -1.20. The number of carbonyl (C=O) groups excluding carboxylic acids is 2. The summed E-state index contributed by atoms with van der Waals surface area (Å²) >= 11 is 0. The van der Waals surface area contributed by atoms with Crippen LogP contribution >= 0.6 is 0 Å². The van der Waals surface area contributed by atoms with Crippen molar-refractivity contribution in [1.82, 2.24) is 10.6 Å². The van der Waals surface area contributed by atoms with Crippen molar-refractivity contribution in [3.05, 3.63) is 0 Å². The molecule has 0 saturated carbocycles. The van der Waals surface area contributed by atoms with E-state index in [1.165, 1.54) is 0 Å². The van der Waals surface area contributed by atoms with E-state index in [-0.39, 0.29) is 11.8 Å². The first-order valence-electron chi connectivity index (χ1n) is 5.72. The molecular weight excluding hydrogens is 206 g/mol. The number of hydrogen-bond donors (Lipinski definition) is 3. The van der Waals surface area contributed by atoms with E-state index >= 15 is 0 Å². The summed E-state index contributed by atoms with van der Waals surface area (Å²) in [5, 5.41) is 5.27. The van der Waals surface area contributed by atoms with Gasteiger partial charge in [-0.1, -0.05) is 34.1 Å². The second kappa shape index (κ2) is 7.09. The fraction of sp³-hybridized carbons (Fsp3) is 0.818. The van der Waals surface area contributed by atoms with E-state index in [1.54, 1.807) is 0 Å². The molecule has 0 fully saturated rings. The molecule has 0 heterocycles. The van der Waals surface area contributed by atoms with Gasteiger partial charge in [0.2, 0.25) is 5.91 Å². The number of carbonyl (C=O) groups is 2. The number of rotatable bonds is 6. The third-order valence-corrected chi connectivity index (χ3v) is 2.48. The molecule has 0 aromatic rings. The lowest BCUT2D eigenvalue weighted by molar-refractivity contribution is -0.124. The lowest BCUT2D eigenvalue weighted by Crippen LogP contribution is -2.52. The number of primary amides is 1. The fourth-order valence-corrected chi connectivity index (χ4v) is 1.27. The van der Waals surface area contributed by atoms with Crippen LogP contribution in [0.4, 0.5) is 4.79 Å². The summed E-state index contributed by atoms with van der Waals surface area (Å²) < 4.78 is 0. The number of nitrogens with one attached hydrogen (secondary N) is 2. The van der Waals surface area contributed by atoms with Gasteiger partial charge in [-0.15, -0.1) is 0 Å². The molecule has 0 radical (unpaired) electrons. The molecule has 4 N–H and O–H groups in total. The summed E-state index contributed by atoms with van der Waals surface area (Å²) in [5.74, 6) is 0.289. The topological polar surface area (TPSA) is 84.2 Å². The quantitative estimate of drug-likeness (QED) is 0.630. The molecule has 0 aromatic carbocycles. The van der Waals surface area contributed by atoms with Crippen molar-refractivity contribution >= 4 is 11.9 Å². The Kier molecular flexibility index (Phi) is 6.53. The van der Waals surface area contributed by atoms with E-state index in [0.717, 1.165) is 6.42 Å². The molecule has 2 unspecified atom stereocenters. The molecule has 0 aliphatic rings. The van der Waals surface area contributed by atoms with Crippen LogP contribution < -0.4 is 16.4 Å². The van der Waals surface area contributed by atoms with Crippen LogP contribution in [0.3, 0.4) is 0 Å². The van der Waals surface area contributed by atoms with Gasteiger partial charge in [-0.25, -0.2) is 4.79 Å². The number of nitrogens with two attached hydrogens (primary N) is 1. The third-order valence-electron chi connectivity index (χ3n) is 2.48. The highest BCUT2D eigenvalue weighted by molar-refractivity contribution is 5.86. The van der Waals surface area contributed by atoms with Crippen molar-refractivity contribution in [2.75, 3.05) is 6.54 Å². The van der Waals surface area contributed by atoms with E-state index < -0.39 is 12.1 Å². The zero-order valence-corrected chi connectivity index (χ0v) is 10.5. The van der Waals surface area contributed by atoms with Gasteiger partial charge in [0.1, 0.15) is 6.04 Å². The molecule has 0 spiro atoms. The predicted molar refractivity (Wildman–Crippen MR) is 63.8 cm³/mol. The van der Waals surface area contributed by atoms with Crippen molar-refractivity contribution < 1.29 is 9.59 Å². The van der Waals surface area contributed by atoms with E-state index in [2.05, 4.69) is 10.6 Å². The third kappa shape index (κ3) is 5.58. The molecule has 94 valence electrons. The Balaban J connectivity index is 4.37. The second-order valence-corrected chi connectivity index (χ2v) is 4.51. The zero-order valence-electron chi connectivity index (χ0n) is 10.5. The Labute approximate surface area is 97.2 Å². The highest BCUT2D eigenvalue weighted by Crippen LogP contribution is 2.07. The van der Waals surface area contributed by atoms with Crippen LogP contribution in [0.25, 0.3) is 0 Å². The van der Waals surface area contributed by atoms with Crippen molar-refractivity contribution in [2.24, 2.45) is 17.6 Å². The Morgan fingerprint density at radius 2 is 1.81 bits per heavy atom. The van der Waals surface area contributed by atoms with Gasteiger partial charge in [-0.3, -0.25) is 4.79 Å². The predicted octanol–water partition coefficient (Wildman–Crippen LogP) is 0.842. The maximum atomic E-state index is 11.8. The van der Waals surface area contributed by atoms with Gasteiger partial charge in [0.15, 0.2) is 0 Å². The molecule has 0 bridgehead atoms. The lowest BCUT2D eigenvalue weighted by Gasteiger charge is -2.23. The van der Waals surface area contributed by atoms with Crippen molar-refractivity contribution in [1.29, 1.82) is 0 Å². The molecule has 5 nitrogen and oxygen atoms in total. The second-order valence-electron chi connectivity index (χ2n) is 4.51. The van der Waals surface area contributed by atoms with Gasteiger partial charge in [0.05, 0.1) is 0 Å². The van der Waals surface area contributed by atoms with Gasteiger partial charge in [-0.2, -0.15) is 0 Å². The summed E-state index contributed by atoms with van der Waals surface area (Å²) in [6.07, 6.45) is 0.806. The van der Waals surface area contributed by atoms with Crippen molar-refractivity contribution in [3.63, 3.8) is 0 Å². The maximum Gasteiger partial charge on any atom is 0.312 e. The molecule has 0 aromatic heterocycles. The van der Waals surface area contributed by atoms with E-state index in [9.17, 15) is 9.59 Å². The summed E-state index contributed by atoms with van der Waals surface area (Å²) in [5.41, 5.74) is 5.05.